The number of aromatic nitrogens is 2. The first-order valence-corrected chi connectivity index (χ1v) is 23.6. The van der Waals surface area contributed by atoms with Crippen molar-refractivity contribution in [3.8, 4) is 17.2 Å². The molecule has 0 fully saturated rings. The molecule has 0 aliphatic heterocycles. The third-order valence-electron chi connectivity index (χ3n) is 9.49. The Kier molecular flexibility index (Phi) is 20.8. The van der Waals surface area contributed by atoms with E-state index in [4.69, 9.17) is 34.9 Å². The van der Waals surface area contributed by atoms with Gasteiger partial charge in [-0.25, -0.2) is 0 Å². The minimum Gasteiger partial charge on any atom is -0.493 e. The maximum Gasteiger partial charge on any atom is 0.295 e. The number of benzene rings is 3. The summed E-state index contributed by atoms with van der Waals surface area (Å²) in [5, 5.41) is 0.543. The number of methoxy groups -OCH3 is 3. The monoisotopic (exact) mass is 940 g/mol. The van der Waals surface area contributed by atoms with Crippen LogP contribution in [0.25, 0.3) is 0 Å². The van der Waals surface area contributed by atoms with E-state index in [0.717, 1.165) is 22.3 Å². The summed E-state index contributed by atoms with van der Waals surface area (Å²) < 4.78 is 68.0. The summed E-state index contributed by atoms with van der Waals surface area (Å²) in [6.07, 6.45) is 11.4. The second-order valence-corrected chi connectivity index (χ2v) is 17.7. The number of halogens is 1. The number of carbonyl (C=O) groups is 3. The Labute approximate surface area is 379 Å². The van der Waals surface area contributed by atoms with E-state index in [9.17, 15) is 26.4 Å². The molecule has 64 heavy (non-hydrogen) atoms. The minimum absolute atomic E-state index is 0.0350. The predicted molar refractivity (Wildman–Crippen MR) is 243 cm³/mol. The number of pyridine rings is 2. The Bertz CT molecular complexity index is 2370. The number of ketones is 1. The average Bonchev–Trinajstić information content (AvgIpc) is 3.26. The molecule has 344 valence electrons. The Morgan fingerprint density at radius 1 is 0.672 bits per heavy atom. The van der Waals surface area contributed by atoms with Gasteiger partial charge in [-0.3, -0.25) is 33.5 Å². The van der Waals surface area contributed by atoms with Crippen molar-refractivity contribution >= 4 is 49.4 Å². The molecule has 3 aromatic carbocycles. The smallest absolute Gasteiger partial charge is 0.295 e. The summed E-state index contributed by atoms with van der Waals surface area (Å²) in [7, 11) is -1.51. The molecule has 2 heterocycles. The molecule has 2 N–H and O–H groups in total. The van der Waals surface area contributed by atoms with Crippen LogP contribution >= 0.6 is 11.6 Å². The molecule has 0 bridgehead atoms. The van der Waals surface area contributed by atoms with Crippen LogP contribution in [-0.2, 0) is 55.6 Å². The lowest BCUT2D eigenvalue weighted by molar-refractivity contribution is -0.145. The zero-order valence-electron chi connectivity index (χ0n) is 36.3. The van der Waals surface area contributed by atoms with Crippen molar-refractivity contribution in [3.63, 3.8) is 0 Å². The zero-order valence-corrected chi connectivity index (χ0v) is 38.7. The first-order chi connectivity index (χ1) is 30.2. The van der Waals surface area contributed by atoms with Gasteiger partial charge in [-0.15, -0.1) is 0 Å². The Morgan fingerprint density at radius 3 is 1.55 bits per heavy atom. The van der Waals surface area contributed by atoms with Crippen molar-refractivity contribution in [1.29, 1.82) is 0 Å². The highest BCUT2D eigenvalue weighted by Crippen LogP contribution is 2.38. The molecular formula is C45H53ClN4O12S2. The maximum absolute atomic E-state index is 15.3. The summed E-state index contributed by atoms with van der Waals surface area (Å²) in [5.41, 5.74) is 3.96. The molecule has 0 saturated carbocycles. The summed E-state index contributed by atoms with van der Waals surface area (Å²) in [6, 6.07) is 26.4. The second kappa shape index (κ2) is 25.4. The van der Waals surface area contributed by atoms with E-state index in [0.29, 0.717) is 49.8 Å². The van der Waals surface area contributed by atoms with Crippen LogP contribution in [0, 0.1) is 0 Å². The maximum atomic E-state index is 15.3. The van der Waals surface area contributed by atoms with Crippen LogP contribution in [0.3, 0.4) is 0 Å². The van der Waals surface area contributed by atoms with E-state index < -0.39 is 38.0 Å². The summed E-state index contributed by atoms with van der Waals surface area (Å²) in [6.45, 7) is 0.303. The van der Waals surface area contributed by atoms with Gasteiger partial charge in [-0.1, -0.05) is 54.1 Å². The van der Waals surface area contributed by atoms with Crippen molar-refractivity contribution < 1.29 is 54.5 Å². The number of carbonyl (C=O) groups excluding carboxylic acids is 3. The first kappa shape index (κ1) is 52.4. The van der Waals surface area contributed by atoms with Crippen LogP contribution in [0.15, 0.2) is 116 Å². The Morgan fingerprint density at radius 2 is 1.12 bits per heavy atom. The van der Waals surface area contributed by atoms with Crippen molar-refractivity contribution in [2.75, 3.05) is 40.9 Å². The number of nitrogens with zero attached hydrogens (tertiary/aromatic N) is 4. The quantitative estimate of drug-likeness (QED) is 0.0578. The van der Waals surface area contributed by atoms with Crippen LogP contribution in [0.1, 0.15) is 45.5 Å². The van der Waals surface area contributed by atoms with Gasteiger partial charge in [0.1, 0.15) is 6.04 Å². The number of ether oxygens (including phenoxy) is 3. The number of likely N-dealkylation sites (N-methyl/N-ethyl adjacent to an activating group) is 1. The van der Waals surface area contributed by atoms with Gasteiger partial charge >= 0.3 is 0 Å². The predicted octanol–water partition coefficient (Wildman–Crippen LogP) is 6.08. The van der Waals surface area contributed by atoms with Gasteiger partial charge in [-0.2, -0.15) is 16.8 Å². The standard InChI is InChI=1S/C43H45ClN4O6.2CH4O3S/c1-47(43(51)40(49)34-27-38(52-2)41(54-4)39(28-34)53-3)37(26-32-10-14-35(44)15-11-32)42(50)48(29-33-8-6-5-7-9-33)36(16-12-30-18-22-45-23-19-30)17-13-31-20-24-46-25-21-31;2*1-5(2,3)4/h5-11,14-15,18-25,27-28,36-37H,12-13,16-17,26,29H2,1-4H3;2*1H3,(H,2,3,4)/t37-;;/m0../s1. The zero-order chi connectivity index (χ0) is 47.5. The lowest BCUT2D eigenvalue weighted by Crippen LogP contribution is -2.54. The lowest BCUT2D eigenvalue weighted by atomic mass is 9.95. The first-order valence-electron chi connectivity index (χ1n) is 19.5. The van der Waals surface area contributed by atoms with Crippen molar-refractivity contribution in [3.05, 3.63) is 149 Å². The van der Waals surface area contributed by atoms with Gasteiger partial charge < -0.3 is 24.0 Å². The van der Waals surface area contributed by atoms with Crippen molar-refractivity contribution in [2.24, 2.45) is 0 Å². The lowest BCUT2D eigenvalue weighted by Gasteiger charge is -2.38. The van der Waals surface area contributed by atoms with Gasteiger partial charge in [0, 0.05) is 61.4 Å². The summed E-state index contributed by atoms with van der Waals surface area (Å²) >= 11 is 6.24. The molecule has 0 aliphatic carbocycles. The fourth-order valence-corrected chi connectivity index (χ4v) is 6.58. The third-order valence-corrected chi connectivity index (χ3v) is 9.74. The van der Waals surface area contributed by atoms with Crippen molar-refractivity contribution in [1.82, 2.24) is 19.8 Å². The molecule has 0 radical (unpaired) electrons. The molecular weight excluding hydrogens is 888 g/mol. The number of aryl methyl sites for hydroxylation is 2. The molecule has 16 nitrogen and oxygen atoms in total. The molecule has 1 atom stereocenters. The number of hydrogen-bond donors (Lipinski definition) is 2. The number of hydrogen-bond acceptors (Lipinski definition) is 12. The van der Waals surface area contributed by atoms with E-state index in [2.05, 4.69) is 9.97 Å². The van der Waals surface area contributed by atoms with Crippen LogP contribution in [-0.4, -0.2) is 116 Å². The minimum atomic E-state index is -3.67. The van der Waals surface area contributed by atoms with Gasteiger partial charge in [0.2, 0.25) is 11.7 Å². The molecule has 0 spiro atoms. The summed E-state index contributed by atoms with van der Waals surface area (Å²) in [5.74, 6) is -1.23. The topological polar surface area (TPSA) is 220 Å². The van der Waals surface area contributed by atoms with E-state index in [-0.39, 0.29) is 41.2 Å². The fraction of sp³-hybridized carbons (Fsp3) is 0.311. The largest absolute Gasteiger partial charge is 0.493 e. The van der Waals surface area contributed by atoms with E-state index in [1.54, 1.807) is 36.9 Å². The molecule has 2 amide bonds. The molecule has 5 aromatic rings. The molecule has 0 unspecified atom stereocenters. The highest BCUT2D eigenvalue weighted by molar-refractivity contribution is 7.85. The molecule has 2 aromatic heterocycles. The highest BCUT2D eigenvalue weighted by atomic mass is 35.5. The van der Waals surface area contributed by atoms with Crippen molar-refractivity contribution in [2.45, 2.75) is 50.7 Å². The van der Waals surface area contributed by atoms with E-state index in [1.165, 1.54) is 45.4 Å². The van der Waals surface area contributed by atoms with Crippen LogP contribution in [0.2, 0.25) is 5.02 Å². The Hall–Kier alpha value is -5.92. The third kappa shape index (κ3) is 18.4. The van der Waals surface area contributed by atoms with Crippen LogP contribution in [0.5, 0.6) is 17.2 Å². The highest BCUT2D eigenvalue weighted by Gasteiger charge is 2.37. The molecule has 19 heteroatoms. The van der Waals surface area contributed by atoms with Crippen LogP contribution < -0.4 is 14.2 Å². The number of rotatable bonds is 18. The summed E-state index contributed by atoms with van der Waals surface area (Å²) in [4.78, 5) is 55.0. The van der Waals surface area contributed by atoms with Gasteiger partial charge in [0.25, 0.3) is 31.9 Å². The van der Waals surface area contributed by atoms with E-state index in [1.807, 2.05) is 71.6 Å². The Balaban J connectivity index is 0.000000979. The molecule has 0 aliphatic rings. The average molecular weight is 942 g/mol. The van der Waals surface area contributed by atoms with Gasteiger partial charge in [0.05, 0.1) is 33.8 Å². The molecule has 5 rings (SSSR count). The van der Waals surface area contributed by atoms with E-state index >= 15 is 4.79 Å². The normalized spacial score (nSPS) is 11.5. The SMILES string of the molecule is COc1cc(C(=O)C(=O)N(C)[C@@H](Cc2ccc(Cl)cc2)C(=O)N(Cc2ccccc2)C(CCc2ccncc2)CCc2ccncc2)cc(OC)c1OC.CS(=O)(=O)O.CS(=O)(=O)O. The van der Waals surface area contributed by atoms with Crippen LogP contribution in [0.4, 0.5) is 0 Å². The van der Waals surface area contributed by atoms with Gasteiger partial charge in [0.15, 0.2) is 11.5 Å². The second-order valence-electron chi connectivity index (χ2n) is 14.4. The number of amides is 2. The number of Topliss-reactive ketones (excluding diaryl/α,β-unsaturated/α-hetero) is 1. The molecule has 0 saturated heterocycles. The van der Waals surface area contributed by atoms with Gasteiger partial charge in [-0.05, 0) is 96.5 Å². The fourth-order valence-electron chi connectivity index (χ4n) is 6.45.